The van der Waals surface area contributed by atoms with Crippen LogP contribution < -0.4 is 0 Å². The number of morpholine rings is 1. The highest BCUT2D eigenvalue weighted by Gasteiger charge is 2.40. The van der Waals surface area contributed by atoms with Crippen LogP contribution in [-0.4, -0.2) is 53.1 Å². The van der Waals surface area contributed by atoms with Crippen molar-refractivity contribution in [3.8, 4) is 5.75 Å². The Labute approximate surface area is 120 Å². The summed E-state index contributed by atoms with van der Waals surface area (Å²) < 4.78 is 6.03. The molecule has 0 amide bonds. The molecule has 2 N–H and O–H groups in total. The summed E-state index contributed by atoms with van der Waals surface area (Å²) in [5.74, 6) is 0.373. The first-order chi connectivity index (χ1) is 9.72. The molecule has 3 atom stereocenters. The molecular weight excluding hydrogens is 254 g/mol. The maximum atomic E-state index is 10.0. The van der Waals surface area contributed by atoms with Crippen LogP contribution in [0.15, 0.2) is 18.2 Å². The van der Waals surface area contributed by atoms with Crippen LogP contribution in [0.3, 0.4) is 0 Å². The van der Waals surface area contributed by atoms with E-state index in [9.17, 15) is 10.2 Å². The van der Waals surface area contributed by atoms with Crippen LogP contribution >= 0.6 is 0 Å². The molecule has 3 rings (SSSR count). The zero-order valence-corrected chi connectivity index (χ0v) is 12.0. The Morgan fingerprint density at radius 2 is 2.20 bits per heavy atom. The van der Waals surface area contributed by atoms with E-state index in [4.69, 9.17) is 4.74 Å². The number of aliphatic hydroxyl groups is 1. The smallest absolute Gasteiger partial charge is 0.119 e. The van der Waals surface area contributed by atoms with Crippen LogP contribution in [-0.2, 0) is 17.6 Å². The molecule has 0 unspecified atom stereocenters. The summed E-state index contributed by atoms with van der Waals surface area (Å²) in [6.45, 7) is 4.09. The number of phenolic OH excluding ortho intramolecular Hbond substituents is 1. The standard InChI is InChI=1S/C16H23NO3/c1-2-6-17-9-12(10-18)20-16-8-13-11(7-14(16)17)4-3-5-15(13)19/h3-5,12,14,16,18-19H,2,6-10H2,1H3/t12-,14+,16+/m1/s1. The summed E-state index contributed by atoms with van der Waals surface area (Å²) in [6, 6.07) is 6.13. The molecule has 4 heteroatoms. The van der Waals surface area contributed by atoms with Crippen molar-refractivity contribution in [3.05, 3.63) is 29.3 Å². The second-order valence-corrected chi connectivity index (χ2v) is 5.86. The topological polar surface area (TPSA) is 52.9 Å². The maximum absolute atomic E-state index is 10.0. The molecule has 0 saturated carbocycles. The van der Waals surface area contributed by atoms with E-state index >= 15 is 0 Å². The van der Waals surface area contributed by atoms with Crippen LogP contribution in [0, 0.1) is 0 Å². The first-order valence-corrected chi connectivity index (χ1v) is 7.53. The second-order valence-electron chi connectivity index (χ2n) is 5.86. The van der Waals surface area contributed by atoms with E-state index in [2.05, 4.69) is 17.9 Å². The van der Waals surface area contributed by atoms with Gasteiger partial charge in [0.15, 0.2) is 0 Å². The number of aromatic hydroxyl groups is 1. The van der Waals surface area contributed by atoms with Crippen LogP contribution in [0.5, 0.6) is 5.75 Å². The molecule has 1 heterocycles. The average molecular weight is 277 g/mol. The van der Waals surface area contributed by atoms with Gasteiger partial charge in [0.25, 0.3) is 0 Å². The Bertz CT molecular complexity index is 477. The number of ether oxygens (including phenoxy) is 1. The number of phenols is 1. The molecule has 1 aliphatic carbocycles. The average Bonchev–Trinajstić information content (AvgIpc) is 2.46. The van der Waals surface area contributed by atoms with Crippen molar-refractivity contribution in [1.29, 1.82) is 0 Å². The van der Waals surface area contributed by atoms with Crippen LogP contribution in [0.25, 0.3) is 0 Å². The van der Waals surface area contributed by atoms with Gasteiger partial charge in [-0.05, 0) is 36.6 Å². The van der Waals surface area contributed by atoms with Crippen LogP contribution in [0.4, 0.5) is 0 Å². The lowest BCUT2D eigenvalue weighted by molar-refractivity contribution is -0.135. The summed E-state index contributed by atoms with van der Waals surface area (Å²) in [7, 11) is 0. The van der Waals surface area contributed by atoms with Gasteiger partial charge in [-0.25, -0.2) is 0 Å². The molecule has 1 aromatic rings. The third-order valence-electron chi connectivity index (χ3n) is 4.50. The molecular formula is C16H23NO3. The van der Waals surface area contributed by atoms with Gasteiger partial charge in [0, 0.05) is 19.0 Å². The minimum atomic E-state index is -0.102. The van der Waals surface area contributed by atoms with Crippen LogP contribution in [0.2, 0.25) is 0 Å². The molecule has 0 spiro atoms. The van der Waals surface area contributed by atoms with E-state index in [0.29, 0.717) is 11.8 Å². The van der Waals surface area contributed by atoms with E-state index in [0.717, 1.165) is 37.9 Å². The predicted molar refractivity (Wildman–Crippen MR) is 76.9 cm³/mol. The Kier molecular flexibility index (Phi) is 3.96. The van der Waals surface area contributed by atoms with Crippen LogP contribution in [0.1, 0.15) is 24.5 Å². The minimum Gasteiger partial charge on any atom is -0.508 e. The van der Waals surface area contributed by atoms with Gasteiger partial charge in [0.05, 0.1) is 18.8 Å². The van der Waals surface area contributed by atoms with Gasteiger partial charge in [0.1, 0.15) is 5.75 Å². The fraction of sp³-hybridized carbons (Fsp3) is 0.625. The highest BCUT2D eigenvalue weighted by molar-refractivity contribution is 5.42. The summed E-state index contributed by atoms with van der Waals surface area (Å²) in [5.41, 5.74) is 2.25. The van der Waals surface area contributed by atoms with E-state index < -0.39 is 0 Å². The van der Waals surface area contributed by atoms with Crippen molar-refractivity contribution in [2.45, 2.75) is 44.4 Å². The quantitative estimate of drug-likeness (QED) is 0.875. The fourth-order valence-corrected chi connectivity index (χ4v) is 3.58. The molecule has 110 valence electrons. The van der Waals surface area contributed by atoms with Crippen molar-refractivity contribution >= 4 is 0 Å². The SMILES string of the molecule is CCCN1C[C@H](CO)O[C@H]2Cc3c(O)cccc3C[C@@H]21. The number of rotatable bonds is 3. The van der Waals surface area contributed by atoms with Crippen molar-refractivity contribution in [1.82, 2.24) is 4.90 Å². The normalized spacial score (nSPS) is 29.8. The zero-order valence-electron chi connectivity index (χ0n) is 12.0. The molecule has 0 bridgehead atoms. The largest absolute Gasteiger partial charge is 0.508 e. The van der Waals surface area contributed by atoms with Gasteiger partial charge >= 0.3 is 0 Å². The van der Waals surface area contributed by atoms with E-state index in [1.165, 1.54) is 5.56 Å². The number of nitrogens with zero attached hydrogens (tertiary/aromatic N) is 1. The molecule has 1 fully saturated rings. The zero-order chi connectivity index (χ0) is 14.1. The molecule has 2 aliphatic rings. The van der Waals surface area contributed by atoms with Crippen molar-refractivity contribution in [3.63, 3.8) is 0 Å². The highest BCUT2D eigenvalue weighted by atomic mass is 16.5. The molecule has 1 aromatic carbocycles. The first-order valence-electron chi connectivity index (χ1n) is 7.53. The summed E-state index contributed by atoms with van der Waals surface area (Å²) in [6.07, 6.45) is 2.74. The van der Waals surface area contributed by atoms with Gasteiger partial charge in [-0.15, -0.1) is 0 Å². The Balaban J connectivity index is 1.88. The summed E-state index contributed by atoms with van der Waals surface area (Å²) >= 11 is 0. The molecule has 20 heavy (non-hydrogen) atoms. The third-order valence-corrected chi connectivity index (χ3v) is 4.50. The maximum Gasteiger partial charge on any atom is 0.119 e. The lowest BCUT2D eigenvalue weighted by atomic mass is 9.83. The number of aliphatic hydroxyl groups excluding tert-OH is 1. The predicted octanol–water partition coefficient (Wildman–Crippen LogP) is 1.33. The van der Waals surface area contributed by atoms with E-state index in [1.807, 2.05) is 6.07 Å². The lowest BCUT2D eigenvalue weighted by Crippen LogP contribution is -2.58. The number of hydrogen-bond donors (Lipinski definition) is 2. The number of fused-ring (bicyclic) bond motifs is 2. The van der Waals surface area contributed by atoms with Gasteiger partial charge in [-0.1, -0.05) is 19.1 Å². The molecule has 0 radical (unpaired) electrons. The Hall–Kier alpha value is -1.10. The third kappa shape index (κ3) is 2.43. The molecule has 1 saturated heterocycles. The van der Waals surface area contributed by atoms with Gasteiger partial charge in [-0.2, -0.15) is 0 Å². The molecule has 1 aliphatic heterocycles. The van der Waals surface area contributed by atoms with Gasteiger partial charge < -0.3 is 14.9 Å². The second kappa shape index (κ2) is 5.72. The van der Waals surface area contributed by atoms with E-state index in [1.54, 1.807) is 6.07 Å². The number of benzene rings is 1. The fourth-order valence-electron chi connectivity index (χ4n) is 3.58. The summed E-state index contributed by atoms with van der Waals surface area (Å²) in [5, 5.41) is 19.4. The van der Waals surface area contributed by atoms with Gasteiger partial charge in [0.2, 0.25) is 0 Å². The van der Waals surface area contributed by atoms with Crippen molar-refractivity contribution < 1.29 is 14.9 Å². The van der Waals surface area contributed by atoms with E-state index in [-0.39, 0.29) is 18.8 Å². The molecule has 0 aromatic heterocycles. The monoisotopic (exact) mass is 277 g/mol. The highest BCUT2D eigenvalue weighted by Crippen LogP contribution is 2.34. The Morgan fingerprint density at radius 3 is 2.95 bits per heavy atom. The summed E-state index contributed by atoms with van der Waals surface area (Å²) in [4.78, 5) is 2.45. The Morgan fingerprint density at radius 1 is 1.35 bits per heavy atom. The van der Waals surface area contributed by atoms with Crippen molar-refractivity contribution in [2.75, 3.05) is 19.7 Å². The van der Waals surface area contributed by atoms with Gasteiger partial charge in [-0.3, -0.25) is 4.90 Å². The first kappa shape index (κ1) is 13.9. The molecule has 4 nitrogen and oxygen atoms in total. The van der Waals surface area contributed by atoms with Crippen molar-refractivity contribution in [2.24, 2.45) is 0 Å². The lowest BCUT2D eigenvalue weighted by Gasteiger charge is -2.47. The minimum absolute atomic E-state index is 0.0665. The number of hydrogen-bond acceptors (Lipinski definition) is 4.